The molecule has 10 heteroatoms. The van der Waals surface area contributed by atoms with Gasteiger partial charge in [-0.25, -0.2) is 9.59 Å². The molecule has 3 aliphatic rings. The third-order valence-corrected chi connectivity index (χ3v) is 8.05. The minimum Gasteiger partial charge on any atom is -0.423 e. The van der Waals surface area contributed by atoms with Crippen LogP contribution in [0.3, 0.4) is 0 Å². The van der Waals surface area contributed by atoms with Crippen molar-refractivity contribution in [3.8, 4) is 11.5 Å². The summed E-state index contributed by atoms with van der Waals surface area (Å²) in [5.74, 6) is -1.50. The summed E-state index contributed by atoms with van der Waals surface area (Å²) in [7, 11) is 0. The highest BCUT2D eigenvalue weighted by Gasteiger charge is 2.45. The number of nitrogens with zero attached hydrogens (tertiary/aromatic N) is 2. The SMILES string of the molecule is O=C(Oc1ccc(OC(=O)c2ccc([N+](=O)[O-])cc2)c2c1C1c3ccccc3C2c2ccccc21)c1ccc([N+](=O)[O-])cc1. The Morgan fingerprint density at radius 2 is 0.818 bits per heavy atom. The Bertz CT molecular complexity index is 1830. The lowest BCUT2D eigenvalue weighted by molar-refractivity contribution is -0.385. The fourth-order valence-corrected chi connectivity index (χ4v) is 6.16. The second-order valence-corrected chi connectivity index (χ2v) is 10.4. The molecule has 44 heavy (non-hydrogen) atoms. The van der Waals surface area contributed by atoms with Crippen molar-refractivity contribution in [1.82, 2.24) is 0 Å². The van der Waals surface area contributed by atoms with Gasteiger partial charge in [-0.15, -0.1) is 0 Å². The number of rotatable bonds is 6. The summed E-state index contributed by atoms with van der Waals surface area (Å²) in [5, 5.41) is 22.2. The van der Waals surface area contributed by atoms with E-state index in [0.717, 1.165) is 22.3 Å². The van der Waals surface area contributed by atoms with E-state index in [1.54, 1.807) is 12.1 Å². The smallest absolute Gasteiger partial charge is 0.343 e. The average Bonchev–Trinajstić information content (AvgIpc) is 3.05. The standard InChI is InChI=1S/C34H20N2O8/c37-33(19-9-13-21(14-10-19)35(39)40)43-27-17-18-28(44-34(38)20-11-15-22(16-12-20)36(41)42)32-30-24-6-2-1-5-23(24)29(31(27)32)25-7-3-4-8-26(25)30/h1-18,29-30H. The highest BCUT2D eigenvalue weighted by molar-refractivity contribution is 5.93. The Morgan fingerprint density at radius 1 is 0.500 bits per heavy atom. The summed E-state index contributed by atoms with van der Waals surface area (Å²) in [6.07, 6.45) is 0. The minimum absolute atomic E-state index is 0.139. The Hall–Kier alpha value is -6.16. The van der Waals surface area contributed by atoms with Gasteiger partial charge in [0.25, 0.3) is 11.4 Å². The van der Waals surface area contributed by atoms with Gasteiger partial charge in [-0.3, -0.25) is 20.2 Å². The molecule has 8 rings (SSSR count). The molecular weight excluding hydrogens is 564 g/mol. The summed E-state index contributed by atoms with van der Waals surface area (Å²) >= 11 is 0. The van der Waals surface area contributed by atoms with E-state index in [9.17, 15) is 29.8 Å². The van der Waals surface area contributed by atoms with Crippen molar-refractivity contribution in [1.29, 1.82) is 0 Å². The molecule has 0 fully saturated rings. The first-order chi connectivity index (χ1) is 21.3. The zero-order valence-electron chi connectivity index (χ0n) is 22.7. The van der Waals surface area contributed by atoms with E-state index in [1.165, 1.54) is 48.5 Å². The van der Waals surface area contributed by atoms with Gasteiger partial charge in [-0.2, -0.15) is 0 Å². The van der Waals surface area contributed by atoms with E-state index in [4.69, 9.17) is 9.47 Å². The molecule has 0 saturated heterocycles. The second kappa shape index (κ2) is 10.3. The van der Waals surface area contributed by atoms with E-state index in [-0.39, 0.29) is 45.8 Å². The molecule has 0 spiro atoms. The molecule has 3 aliphatic carbocycles. The van der Waals surface area contributed by atoms with Crippen LogP contribution >= 0.6 is 0 Å². The fraction of sp³-hybridized carbons (Fsp3) is 0.0588. The predicted molar refractivity (Wildman–Crippen MR) is 157 cm³/mol. The molecule has 0 aromatic heterocycles. The number of carbonyl (C=O) groups is 2. The number of nitro benzene ring substituents is 2. The summed E-state index contributed by atoms with van der Waals surface area (Å²) in [6, 6.07) is 29.4. The van der Waals surface area contributed by atoms with Crippen LogP contribution in [0.4, 0.5) is 11.4 Å². The van der Waals surface area contributed by atoms with Crippen molar-refractivity contribution in [2.75, 3.05) is 0 Å². The molecule has 0 unspecified atom stereocenters. The van der Waals surface area contributed by atoms with E-state index in [2.05, 4.69) is 0 Å². The summed E-state index contributed by atoms with van der Waals surface area (Å²) in [6.45, 7) is 0. The Balaban J connectivity index is 1.34. The maximum atomic E-state index is 13.3. The number of hydrogen-bond donors (Lipinski definition) is 0. The normalized spacial score (nSPS) is 15.4. The van der Waals surface area contributed by atoms with Crippen LogP contribution in [0.15, 0.2) is 109 Å². The van der Waals surface area contributed by atoms with Gasteiger partial charge in [0.15, 0.2) is 0 Å². The minimum atomic E-state index is -0.694. The highest BCUT2D eigenvalue weighted by Crippen LogP contribution is 2.60. The predicted octanol–water partition coefficient (Wildman–Crippen LogP) is 6.93. The van der Waals surface area contributed by atoms with E-state index in [0.29, 0.717) is 11.1 Å². The molecule has 5 aromatic rings. The van der Waals surface area contributed by atoms with E-state index in [1.807, 2.05) is 48.5 Å². The quantitative estimate of drug-likeness (QED) is 0.0887. The van der Waals surface area contributed by atoms with Gasteiger partial charge in [-0.1, -0.05) is 48.5 Å². The molecule has 0 heterocycles. The van der Waals surface area contributed by atoms with Crippen LogP contribution in [0.2, 0.25) is 0 Å². The largest absolute Gasteiger partial charge is 0.423 e. The lowest BCUT2D eigenvalue weighted by Crippen LogP contribution is -2.29. The van der Waals surface area contributed by atoms with Crippen LogP contribution in [0, 0.1) is 20.2 Å². The van der Waals surface area contributed by atoms with Crippen molar-refractivity contribution in [3.63, 3.8) is 0 Å². The first-order valence-corrected chi connectivity index (χ1v) is 13.6. The molecule has 5 aromatic carbocycles. The van der Waals surface area contributed by atoms with Gasteiger partial charge in [0, 0.05) is 47.2 Å². The van der Waals surface area contributed by atoms with E-state index >= 15 is 0 Å². The van der Waals surface area contributed by atoms with Gasteiger partial charge < -0.3 is 9.47 Å². The van der Waals surface area contributed by atoms with Crippen LogP contribution in [0.1, 0.15) is 65.9 Å². The van der Waals surface area contributed by atoms with Crippen molar-refractivity contribution in [2.45, 2.75) is 11.8 Å². The zero-order valence-corrected chi connectivity index (χ0v) is 22.7. The zero-order chi connectivity index (χ0) is 30.5. The Kier molecular flexibility index (Phi) is 6.24. The van der Waals surface area contributed by atoms with Crippen molar-refractivity contribution in [2.24, 2.45) is 0 Å². The molecule has 0 aliphatic heterocycles. The van der Waals surface area contributed by atoms with Gasteiger partial charge in [0.2, 0.25) is 0 Å². The number of ether oxygens (including phenoxy) is 2. The molecule has 2 bridgehead atoms. The first kappa shape index (κ1) is 26.7. The molecule has 10 nitrogen and oxygen atoms in total. The molecule has 0 radical (unpaired) electrons. The lowest BCUT2D eigenvalue weighted by atomic mass is 9.60. The summed E-state index contributed by atoms with van der Waals surface area (Å²) in [5.41, 5.74) is 5.48. The lowest BCUT2D eigenvalue weighted by Gasteiger charge is -2.43. The first-order valence-electron chi connectivity index (χ1n) is 13.6. The van der Waals surface area contributed by atoms with Crippen molar-refractivity contribution >= 4 is 23.3 Å². The van der Waals surface area contributed by atoms with Crippen LogP contribution in [-0.2, 0) is 0 Å². The van der Waals surface area contributed by atoms with Crippen LogP contribution in [0.5, 0.6) is 11.5 Å². The molecule has 0 atom stereocenters. The number of esters is 2. The van der Waals surface area contributed by atoms with Gasteiger partial charge in [0.1, 0.15) is 11.5 Å². The average molecular weight is 585 g/mol. The number of benzene rings is 5. The number of non-ortho nitro benzene ring substituents is 2. The third-order valence-electron chi connectivity index (χ3n) is 8.05. The van der Waals surface area contributed by atoms with Crippen LogP contribution in [-0.4, -0.2) is 21.8 Å². The maximum absolute atomic E-state index is 13.3. The monoisotopic (exact) mass is 584 g/mol. The molecule has 0 saturated carbocycles. The van der Waals surface area contributed by atoms with Gasteiger partial charge >= 0.3 is 11.9 Å². The molecule has 0 amide bonds. The van der Waals surface area contributed by atoms with Gasteiger partial charge in [-0.05, 0) is 58.7 Å². The number of carbonyl (C=O) groups excluding carboxylic acids is 2. The highest BCUT2D eigenvalue weighted by atomic mass is 16.6. The third kappa shape index (κ3) is 4.28. The van der Waals surface area contributed by atoms with Gasteiger partial charge in [0.05, 0.1) is 21.0 Å². The van der Waals surface area contributed by atoms with E-state index < -0.39 is 21.8 Å². The Morgan fingerprint density at radius 3 is 1.11 bits per heavy atom. The Labute approximate surface area is 249 Å². The summed E-state index contributed by atoms with van der Waals surface area (Å²) < 4.78 is 11.9. The van der Waals surface area contributed by atoms with Crippen molar-refractivity contribution < 1.29 is 28.9 Å². The second-order valence-electron chi connectivity index (χ2n) is 10.4. The summed E-state index contributed by atoms with van der Waals surface area (Å²) in [4.78, 5) is 47.6. The van der Waals surface area contributed by atoms with Crippen LogP contribution in [0.25, 0.3) is 0 Å². The van der Waals surface area contributed by atoms with Crippen LogP contribution < -0.4 is 9.47 Å². The number of nitro groups is 2. The topological polar surface area (TPSA) is 139 Å². The van der Waals surface area contributed by atoms with Crippen molar-refractivity contribution in [3.05, 3.63) is 174 Å². The molecule has 214 valence electrons. The maximum Gasteiger partial charge on any atom is 0.343 e. The fourth-order valence-electron chi connectivity index (χ4n) is 6.16. The molecular formula is C34H20N2O8. The number of hydrogen-bond acceptors (Lipinski definition) is 8. The molecule has 0 N–H and O–H groups in total.